The summed E-state index contributed by atoms with van der Waals surface area (Å²) >= 11 is 0. The molecule has 0 aliphatic rings. The van der Waals surface area contributed by atoms with Gasteiger partial charge in [0.05, 0.1) is 5.41 Å². The molecule has 2 N–H and O–H groups in total. The van der Waals surface area contributed by atoms with Crippen molar-refractivity contribution < 1.29 is 4.52 Å². The first-order valence-electron chi connectivity index (χ1n) is 6.46. The van der Waals surface area contributed by atoms with Crippen molar-refractivity contribution in [1.82, 2.24) is 10.1 Å². The minimum absolute atomic E-state index is 0.276. The van der Waals surface area contributed by atoms with Gasteiger partial charge in [-0.2, -0.15) is 4.98 Å². The molecule has 0 spiro atoms. The fraction of sp³-hybridized carbons (Fsp3) is 0.467. The number of hydrogen-bond donors (Lipinski definition) is 1. The fourth-order valence-corrected chi connectivity index (χ4v) is 1.95. The number of nitrogens with two attached hydrogens (primary N) is 1. The van der Waals surface area contributed by atoms with Crippen LogP contribution in [-0.2, 0) is 11.8 Å². The maximum atomic E-state index is 5.97. The van der Waals surface area contributed by atoms with Crippen molar-refractivity contribution in [3.8, 4) is 0 Å². The molecule has 0 radical (unpaired) electrons. The summed E-state index contributed by atoms with van der Waals surface area (Å²) in [7, 11) is 0. The molecule has 4 nitrogen and oxygen atoms in total. The summed E-state index contributed by atoms with van der Waals surface area (Å²) in [4.78, 5) is 4.49. The van der Waals surface area contributed by atoms with E-state index in [-0.39, 0.29) is 11.0 Å². The van der Waals surface area contributed by atoms with E-state index in [1.54, 1.807) is 0 Å². The van der Waals surface area contributed by atoms with Gasteiger partial charge >= 0.3 is 0 Å². The van der Waals surface area contributed by atoms with Crippen LogP contribution in [0.4, 0.5) is 0 Å². The lowest BCUT2D eigenvalue weighted by atomic mass is 9.84. The SMILES string of the molecule is CC(C)(N)Cc1nc(C(C)(C)c2ccccc2)no1. The van der Waals surface area contributed by atoms with Crippen molar-refractivity contribution >= 4 is 0 Å². The van der Waals surface area contributed by atoms with Gasteiger partial charge in [0.1, 0.15) is 0 Å². The molecule has 0 unspecified atom stereocenters. The van der Waals surface area contributed by atoms with Gasteiger partial charge < -0.3 is 10.3 Å². The van der Waals surface area contributed by atoms with E-state index in [1.165, 1.54) is 0 Å². The molecule has 19 heavy (non-hydrogen) atoms. The summed E-state index contributed by atoms with van der Waals surface area (Å²) in [6.07, 6.45) is 0.574. The Labute approximate surface area is 114 Å². The third-order valence-corrected chi connectivity index (χ3v) is 3.13. The van der Waals surface area contributed by atoms with E-state index in [0.717, 1.165) is 5.56 Å². The van der Waals surface area contributed by atoms with Crippen LogP contribution in [0.25, 0.3) is 0 Å². The molecule has 0 aliphatic heterocycles. The molecule has 1 aromatic heterocycles. The van der Waals surface area contributed by atoms with Crippen molar-refractivity contribution in [2.75, 3.05) is 0 Å². The molecule has 0 saturated heterocycles. The van der Waals surface area contributed by atoms with Gasteiger partial charge in [-0.25, -0.2) is 0 Å². The lowest BCUT2D eigenvalue weighted by Gasteiger charge is -2.20. The van der Waals surface area contributed by atoms with Gasteiger partial charge in [-0.1, -0.05) is 35.5 Å². The highest BCUT2D eigenvalue weighted by molar-refractivity contribution is 5.30. The second kappa shape index (κ2) is 4.78. The number of nitrogens with zero attached hydrogens (tertiary/aromatic N) is 2. The molecular weight excluding hydrogens is 238 g/mol. The van der Waals surface area contributed by atoms with Crippen LogP contribution in [0.3, 0.4) is 0 Å². The number of aromatic nitrogens is 2. The van der Waals surface area contributed by atoms with Crippen molar-refractivity contribution in [3.05, 3.63) is 47.6 Å². The van der Waals surface area contributed by atoms with Crippen LogP contribution < -0.4 is 5.73 Å². The minimum Gasteiger partial charge on any atom is -0.339 e. The predicted molar refractivity (Wildman–Crippen MR) is 74.8 cm³/mol. The summed E-state index contributed by atoms with van der Waals surface area (Å²) in [6, 6.07) is 10.2. The van der Waals surface area contributed by atoms with Crippen LogP contribution in [0.1, 0.15) is 45.0 Å². The third kappa shape index (κ3) is 3.20. The molecular formula is C15H21N3O. The van der Waals surface area contributed by atoms with Crippen LogP contribution in [-0.4, -0.2) is 15.7 Å². The molecule has 0 fully saturated rings. The Balaban J connectivity index is 2.27. The van der Waals surface area contributed by atoms with E-state index >= 15 is 0 Å². The maximum Gasteiger partial charge on any atom is 0.228 e. The summed E-state index contributed by atoms with van der Waals surface area (Å²) in [5, 5.41) is 4.11. The maximum absolute atomic E-state index is 5.97. The number of rotatable bonds is 4. The van der Waals surface area contributed by atoms with Crippen molar-refractivity contribution in [2.45, 2.75) is 45.1 Å². The lowest BCUT2D eigenvalue weighted by Crippen LogP contribution is -2.34. The molecule has 0 aliphatic carbocycles. The quantitative estimate of drug-likeness (QED) is 0.916. The van der Waals surface area contributed by atoms with E-state index in [1.807, 2.05) is 32.0 Å². The Morgan fingerprint density at radius 2 is 1.74 bits per heavy atom. The van der Waals surface area contributed by atoms with Gasteiger partial charge in [-0.3, -0.25) is 0 Å². The topological polar surface area (TPSA) is 64.9 Å². The zero-order valence-electron chi connectivity index (χ0n) is 12.0. The first-order valence-corrected chi connectivity index (χ1v) is 6.46. The second-order valence-electron chi connectivity index (χ2n) is 6.17. The first-order chi connectivity index (χ1) is 8.79. The van der Waals surface area contributed by atoms with E-state index in [9.17, 15) is 0 Å². The van der Waals surface area contributed by atoms with Crippen LogP contribution >= 0.6 is 0 Å². The van der Waals surface area contributed by atoms with E-state index in [2.05, 4.69) is 36.1 Å². The van der Waals surface area contributed by atoms with Gasteiger partial charge in [-0.05, 0) is 33.3 Å². The Morgan fingerprint density at radius 1 is 1.11 bits per heavy atom. The lowest BCUT2D eigenvalue weighted by molar-refractivity contribution is 0.340. The molecule has 4 heteroatoms. The monoisotopic (exact) mass is 259 g/mol. The molecule has 0 amide bonds. The van der Waals surface area contributed by atoms with Crippen molar-refractivity contribution in [1.29, 1.82) is 0 Å². The summed E-state index contributed by atoms with van der Waals surface area (Å²) in [5.74, 6) is 1.28. The largest absolute Gasteiger partial charge is 0.339 e. The second-order valence-corrected chi connectivity index (χ2v) is 6.17. The molecule has 1 heterocycles. The van der Waals surface area contributed by atoms with E-state index < -0.39 is 0 Å². The Morgan fingerprint density at radius 3 is 2.32 bits per heavy atom. The van der Waals surface area contributed by atoms with Crippen LogP contribution in [0.15, 0.2) is 34.9 Å². The van der Waals surface area contributed by atoms with Crippen molar-refractivity contribution in [3.63, 3.8) is 0 Å². The summed E-state index contributed by atoms with van der Waals surface area (Å²) < 4.78 is 5.31. The normalized spacial score (nSPS) is 12.7. The highest BCUT2D eigenvalue weighted by atomic mass is 16.5. The van der Waals surface area contributed by atoms with Gasteiger partial charge in [0, 0.05) is 12.0 Å². The minimum atomic E-state index is -0.347. The Hall–Kier alpha value is -1.68. The molecule has 2 aromatic rings. The first kappa shape index (κ1) is 13.7. The van der Waals surface area contributed by atoms with Gasteiger partial charge in [-0.15, -0.1) is 0 Å². The highest BCUT2D eigenvalue weighted by Crippen LogP contribution is 2.29. The van der Waals surface area contributed by atoms with Crippen LogP contribution in [0.5, 0.6) is 0 Å². The summed E-state index contributed by atoms with van der Waals surface area (Å²) in [5.41, 5.74) is 6.51. The van der Waals surface area contributed by atoms with Crippen molar-refractivity contribution in [2.24, 2.45) is 5.73 Å². The third-order valence-electron chi connectivity index (χ3n) is 3.13. The highest BCUT2D eigenvalue weighted by Gasteiger charge is 2.29. The van der Waals surface area contributed by atoms with E-state index in [4.69, 9.17) is 10.3 Å². The van der Waals surface area contributed by atoms with E-state index in [0.29, 0.717) is 18.1 Å². The average molecular weight is 259 g/mol. The molecule has 0 saturated carbocycles. The average Bonchev–Trinajstić information content (AvgIpc) is 2.77. The zero-order chi connectivity index (χ0) is 14.1. The van der Waals surface area contributed by atoms with Gasteiger partial charge in [0.15, 0.2) is 5.82 Å². The molecule has 1 aromatic carbocycles. The molecule has 0 atom stereocenters. The standard InChI is InChI=1S/C15H21N3O/c1-14(2,16)10-12-17-13(18-19-12)15(3,4)11-8-6-5-7-9-11/h5-9H,10,16H2,1-4H3. The fourth-order valence-electron chi connectivity index (χ4n) is 1.95. The Bertz CT molecular complexity index is 538. The predicted octanol–water partition coefficient (Wildman–Crippen LogP) is 2.68. The van der Waals surface area contributed by atoms with Crippen LogP contribution in [0, 0.1) is 0 Å². The van der Waals surface area contributed by atoms with Gasteiger partial charge in [0.25, 0.3) is 0 Å². The molecule has 0 bridgehead atoms. The zero-order valence-corrected chi connectivity index (χ0v) is 12.0. The number of benzene rings is 1. The number of hydrogen-bond acceptors (Lipinski definition) is 4. The molecule has 2 rings (SSSR count). The smallest absolute Gasteiger partial charge is 0.228 e. The van der Waals surface area contributed by atoms with Gasteiger partial charge in [0.2, 0.25) is 5.89 Å². The van der Waals surface area contributed by atoms with Crippen LogP contribution in [0.2, 0.25) is 0 Å². The Kier molecular flexibility index (Phi) is 3.45. The molecule has 102 valence electrons. The summed E-state index contributed by atoms with van der Waals surface area (Å²) in [6.45, 7) is 8.06.